The molecule has 0 unspecified atom stereocenters. The van der Waals surface area contributed by atoms with E-state index in [-0.39, 0.29) is 0 Å². The van der Waals surface area contributed by atoms with E-state index < -0.39 is 0 Å². The predicted octanol–water partition coefficient (Wildman–Crippen LogP) is 2.70. The molecule has 0 saturated heterocycles. The summed E-state index contributed by atoms with van der Waals surface area (Å²) in [6.45, 7) is 0. The zero-order chi connectivity index (χ0) is 11.4. The maximum absolute atomic E-state index is 8.88. The molecule has 2 aromatic rings. The summed E-state index contributed by atoms with van der Waals surface area (Å²) in [5.74, 6) is 0.478. The summed E-state index contributed by atoms with van der Waals surface area (Å²) in [6.07, 6.45) is 1.50. The number of nitriles is 1. The third-order valence-corrected chi connectivity index (χ3v) is 2.67. The largest absolute Gasteiger partial charge is 0.338 e. The highest BCUT2D eigenvalue weighted by molar-refractivity contribution is 14.1. The molecule has 5 heteroatoms. The molecule has 0 radical (unpaired) electrons. The van der Waals surface area contributed by atoms with Gasteiger partial charge in [-0.3, -0.25) is 0 Å². The lowest BCUT2D eigenvalue weighted by atomic mass is 10.3. The summed E-state index contributed by atoms with van der Waals surface area (Å²) in [7, 11) is 0. The fourth-order valence-corrected chi connectivity index (χ4v) is 1.54. The first kappa shape index (κ1) is 10.8. The molecule has 0 spiro atoms. The first-order valence-electron chi connectivity index (χ1n) is 4.54. The maximum Gasteiger partial charge on any atom is 0.171 e. The Morgan fingerprint density at radius 3 is 2.62 bits per heavy atom. The van der Waals surface area contributed by atoms with Gasteiger partial charge in [-0.15, -0.1) is 5.10 Å². The van der Waals surface area contributed by atoms with Gasteiger partial charge in [-0.2, -0.15) is 10.4 Å². The van der Waals surface area contributed by atoms with Crippen molar-refractivity contribution in [3.63, 3.8) is 0 Å². The molecule has 78 valence electrons. The topological polar surface area (TPSA) is 61.6 Å². The number of hydrogen-bond donors (Lipinski definition) is 1. The van der Waals surface area contributed by atoms with Crippen molar-refractivity contribution in [3.8, 4) is 6.07 Å². The summed E-state index contributed by atoms with van der Waals surface area (Å²) in [5, 5.41) is 19.6. The van der Waals surface area contributed by atoms with Crippen LogP contribution in [-0.2, 0) is 0 Å². The second kappa shape index (κ2) is 4.90. The number of benzene rings is 1. The molecule has 1 aromatic heterocycles. The minimum absolute atomic E-state index is 0.478. The Hall–Kier alpha value is -1.68. The number of halogens is 1. The molecule has 0 amide bonds. The van der Waals surface area contributed by atoms with Crippen molar-refractivity contribution in [1.82, 2.24) is 10.2 Å². The average Bonchev–Trinajstić information content (AvgIpc) is 2.33. The average molecular weight is 322 g/mol. The Morgan fingerprint density at radius 2 is 1.94 bits per heavy atom. The van der Waals surface area contributed by atoms with Gasteiger partial charge in [-0.05, 0) is 52.9 Å². The third-order valence-electron chi connectivity index (χ3n) is 1.95. The molecule has 0 fully saturated rings. The van der Waals surface area contributed by atoms with Crippen molar-refractivity contribution < 1.29 is 0 Å². The minimum atomic E-state index is 0.478. The normalized spacial score (nSPS) is 9.50. The van der Waals surface area contributed by atoms with Crippen molar-refractivity contribution >= 4 is 34.1 Å². The van der Waals surface area contributed by atoms with Crippen molar-refractivity contribution in [2.45, 2.75) is 0 Å². The number of rotatable bonds is 2. The molecule has 0 aliphatic heterocycles. The van der Waals surface area contributed by atoms with Crippen LogP contribution in [-0.4, -0.2) is 10.2 Å². The smallest absolute Gasteiger partial charge is 0.171 e. The summed E-state index contributed by atoms with van der Waals surface area (Å²) in [6, 6.07) is 11.5. The van der Waals surface area contributed by atoms with Gasteiger partial charge in [0.1, 0.15) is 6.07 Å². The highest BCUT2D eigenvalue weighted by Gasteiger charge is 2.03. The van der Waals surface area contributed by atoms with Crippen LogP contribution in [0.1, 0.15) is 5.56 Å². The van der Waals surface area contributed by atoms with Gasteiger partial charge in [-0.25, -0.2) is 0 Å². The van der Waals surface area contributed by atoms with Crippen molar-refractivity contribution in [1.29, 1.82) is 5.26 Å². The molecule has 0 bridgehead atoms. The lowest BCUT2D eigenvalue weighted by Crippen LogP contribution is -1.98. The third kappa shape index (κ3) is 2.46. The summed E-state index contributed by atoms with van der Waals surface area (Å²) < 4.78 is 1.16. The Kier molecular flexibility index (Phi) is 3.31. The molecule has 0 saturated carbocycles. The Labute approximate surface area is 106 Å². The maximum atomic E-state index is 8.88. The molecular formula is C11H7IN4. The summed E-state index contributed by atoms with van der Waals surface area (Å²) in [4.78, 5) is 0. The fourth-order valence-electron chi connectivity index (χ4n) is 1.18. The molecule has 16 heavy (non-hydrogen) atoms. The lowest BCUT2D eigenvalue weighted by molar-refractivity contribution is 1.03. The molecule has 1 heterocycles. The number of nitrogens with zero attached hydrogens (tertiary/aromatic N) is 3. The zero-order valence-corrected chi connectivity index (χ0v) is 10.3. The molecule has 0 atom stereocenters. The van der Waals surface area contributed by atoms with Gasteiger partial charge in [0.15, 0.2) is 5.82 Å². The Bertz CT molecular complexity index is 530. The van der Waals surface area contributed by atoms with Crippen LogP contribution >= 0.6 is 22.6 Å². The van der Waals surface area contributed by atoms with Gasteiger partial charge >= 0.3 is 0 Å². The highest BCUT2D eigenvalue weighted by atomic mass is 127. The number of aromatic nitrogens is 2. The van der Waals surface area contributed by atoms with Crippen LogP contribution in [0.15, 0.2) is 36.5 Å². The molecule has 0 aliphatic rings. The molecular weight excluding hydrogens is 315 g/mol. The van der Waals surface area contributed by atoms with E-state index in [0.29, 0.717) is 11.4 Å². The van der Waals surface area contributed by atoms with E-state index in [0.717, 1.165) is 9.26 Å². The van der Waals surface area contributed by atoms with Crippen molar-refractivity contribution in [2.24, 2.45) is 0 Å². The van der Waals surface area contributed by atoms with Gasteiger partial charge in [0.05, 0.1) is 11.8 Å². The van der Waals surface area contributed by atoms with Crippen LogP contribution in [0.3, 0.4) is 0 Å². The minimum Gasteiger partial charge on any atom is -0.338 e. The van der Waals surface area contributed by atoms with Gasteiger partial charge < -0.3 is 5.32 Å². The summed E-state index contributed by atoms with van der Waals surface area (Å²) in [5.41, 5.74) is 1.37. The van der Waals surface area contributed by atoms with Crippen molar-refractivity contribution in [2.75, 3.05) is 5.32 Å². The monoisotopic (exact) mass is 322 g/mol. The summed E-state index contributed by atoms with van der Waals surface area (Å²) >= 11 is 2.23. The highest BCUT2D eigenvalue weighted by Crippen LogP contribution is 2.17. The lowest BCUT2D eigenvalue weighted by Gasteiger charge is -2.05. The second-order valence-corrected chi connectivity index (χ2v) is 4.28. The van der Waals surface area contributed by atoms with Gasteiger partial charge in [0, 0.05) is 9.26 Å². The van der Waals surface area contributed by atoms with Crippen LogP contribution in [0.5, 0.6) is 0 Å². The molecule has 0 aliphatic carbocycles. The van der Waals surface area contributed by atoms with E-state index in [1.165, 1.54) is 6.20 Å². The van der Waals surface area contributed by atoms with E-state index in [4.69, 9.17) is 5.26 Å². The van der Waals surface area contributed by atoms with Gasteiger partial charge in [-0.1, -0.05) is 0 Å². The number of anilines is 2. The van der Waals surface area contributed by atoms with E-state index in [9.17, 15) is 0 Å². The molecule has 4 nitrogen and oxygen atoms in total. The van der Waals surface area contributed by atoms with E-state index in [1.807, 2.05) is 24.3 Å². The van der Waals surface area contributed by atoms with Gasteiger partial charge in [0.2, 0.25) is 0 Å². The van der Waals surface area contributed by atoms with E-state index >= 15 is 0 Å². The van der Waals surface area contributed by atoms with Crippen molar-refractivity contribution in [3.05, 3.63) is 45.7 Å². The Balaban J connectivity index is 2.27. The first-order chi connectivity index (χ1) is 7.79. The SMILES string of the molecule is N#Cc1ccnnc1Nc1ccc(I)cc1. The molecule has 2 rings (SSSR count). The number of hydrogen-bond acceptors (Lipinski definition) is 4. The second-order valence-electron chi connectivity index (χ2n) is 3.04. The van der Waals surface area contributed by atoms with Gasteiger partial charge in [0.25, 0.3) is 0 Å². The van der Waals surface area contributed by atoms with Crippen LogP contribution in [0, 0.1) is 14.9 Å². The quantitative estimate of drug-likeness (QED) is 0.864. The fraction of sp³-hybridized carbons (Fsp3) is 0. The number of nitrogens with one attached hydrogen (secondary N) is 1. The standard InChI is InChI=1S/C11H7IN4/c12-9-1-3-10(4-2-9)15-11-8(7-13)5-6-14-16-11/h1-6H,(H,15,16). The van der Waals surface area contributed by atoms with Crippen LogP contribution in [0.25, 0.3) is 0 Å². The first-order valence-corrected chi connectivity index (χ1v) is 5.62. The molecule has 1 N–H and O–H groups in total. The van der Waals surface area contributed by atoms with Crippen LogP contribution in [0.4, 0.5) is 11.5 Å². The Morgan fingerprint density at radius 1 is 1.19 bits per heavy atom. The van der Waals surface area contributed by atoms with E-state index in [1.54, 1.807) is 6.07 Å². The molecule has 1 aromatic carbocycles. The van der Waals surface area contributed by atoms with Crippen LogP contribution < -0.4 is 5.32 Å². The zero-order valence-electron chi connectivity index (χ0n) is 8.18. The van der Waals surface area contributed by atoms with E-state index in [2.05, 4.69) is 44.2 Å². The van der Waals surface area contributed by atoms with Crippen LogP contribution in [0.2, 0.25) is 0 Å². The predicted molar refractivity (Wildman–Crippen MR) is 69.2 cm³/mol.